The number of hydrogen-bond donors (Lipinski definition) is 3. The normalized spacial score (nSPS) is 12.5. The van der Waals surface area contributed by atoms with Crippen LogP contribution in [0.1, 0.15) is 42.4 Å². The highest BCUT2D eigenvalue weighted by Crippen LogP contribution is 2.33. The smallest absolute Gasteiger partial charge is 0.354 e. The number of aromatic nitrogens is 3. The lowest BCUT2D eigenvalue weighted by atomic mass is 10.1. The van der Waals surface area contributed by atoms with Crippen molar-refractivity contribution >= 4 is 27.8 Å². The van der Waals surface area contributed by atoms with Crippen molar-refractivity contribution in [1.29, 1.82) is 0 Å². The van der Waals surface area contributed by atoms with E-state index in [2.05, 4.69) is 17.0 Å². The Hall–Kier alpha value is -3.32. The van der Waals surface area contributed by atoms with E-state index in [1.54, 1.807) is 6.07 Å². The number of aliphatic hydroxyl groups excluding tert-OH is 1. The monoisotopic (exact) mass is 421 g/mol. The minimum Gasteiger partial charge on any atom is -0.490 e. The third-order valence-electron chi connectivity index (χ3n) is 5.39. The molecular weight excluding hydrogens is 394 g/mol. The molecule has 3 N–H and O–H groups in total. The first kappa shape index (κ1) is 20.9. The van der Waals surface area contributed by atoms with Crippen LogP contribution < -0.4 is 4.74 Å². The third-order valence-corrected chi connectivity index (χ3v) is 5.39. The molecule has 1 unspecified atom stereocenters. The molecule has 0 saturated carbocycles. The number of nitrogens with one attached hydrogen (secondary N) is 1. The van der Waals surface area contributed by atoms with Gasteiger partial charge in [0.25, 0.3) is 0 Å². The lowest BCUT2D eigenvalue weighted by Crippen LogP contribution is -2.26. The van der Waals surface area contributed by atoms with Crippen molar-refractivity contribution < 1.29 is 19.7 Å². The second-order valence-corrected chi connectivity index (χ2v) is 7.78. The first-order chi connectivity index (χ1) is 15.1. The highest BCUT2D eigenvalue weighted by atomic mass is 16.5. The summed E-state index contributed by atoms with van der Waals surface area (Å²) in [5, 5.41) is 26.5. The van der Waals surface area contributed by atoms with E-state index >= 15 is 0 Å². The fourth-order valence-corrected chi connectivity index (χ4v) is 3.89. The Morgan fingerprint density at radius 1 is 1.16 bits per heavy atom. The Kier molecular flexibility index (Phi) is 6.23. The van der Waals surface area contributed by atoms with Gasteiger partial charge in [0.2, 0.25) is 0 Å². The summed E-state index contributed by atoms with van der Waals surface area (Å²) in [6.07, 6.45) is 2.96. The summed E-state index contributed by atoms with van der Waals surface area (Å²) in [5.41, 5.74) is 2.81. The molecule has 0 spiro atoms. The average Bonchev–Trinajstić information content (AvgIpc) is 3.34. The number of aryl methyl sites for hydroxylation is 1. The van der Waals surface area contributed by atoms with Gasteiger partial charge in [0.05, 0.1) is 17.8 Å². The molecule has 2 aromatic carbocycles. The van der Waals surface area contributed by atoms with Crippen molar-refractivity contribution in [2.75, 3.05) is 6.61 Å². The topological polar surface area (TPSA) is 100 Å². The molecule has 0 radical (unpaired) electrons. The number of carboxylic acid groups (broad SMARTS) is 1. The number of unbranched alkanes of at least 4 members (excludes halogenated alkanes) is 2. The van der Waals surface area contributed by atoms with E-state index in [9.17, 15) is 15.0 Å². The van der Waals surface area contributed by atoms with Crippen molar-refractivity contribution in [3.8, 4) is 5.75 Å². The van der Waals surface area contributed by atoms with Crippen molar-refractivity contribution in [3.05, 3.63) is 59.9 Å². The van der Waals surface area contributed by atoms with E-state index in [0.717, 1.165) is 53.2 Å². The maximum atomic E-state index is 11.6. The SMILES string of the molecule is CCCCCc1cc(C(=O)O)n(CC(O)COc2cccc3[nH]c4ccccc4c23)n1. The van der Waals surface area contributed by atoms with E-state index in [1.807, 2.05) is 42.5 Å². The fraction of sp³-hybridized carbons (Fsp3) is 0.333. The number of nitrogens with zero attached hydrogens (tertiary/aromatic N) is 2. The molecule has 0 aliphatic rings. The standard InChI is InChI=1S/C24H27N3O4/c1-2-3-4-8-16-13-21(24(29)30)27(26-16)14-17(28)15-31-22-12-7-11-20-23(22)18-9-5-6-10-19(18)25-20/h5-7,9-13,17,25,28H,2-4,8,14-15H2,1H3,(H,29,30). The molecule has 0 amide bonds. The second-order valence-electron chi connectivity index (χ2n) is 7.78. The number of benzene rings is 2. The van der Waals surface area contributed by atoms with Gasteiger partial charge in [0, 0.05) is 16.3 Å². The van der Waals surface area contributed by atoms with E-state index in [1.165, 1.54) is 4.68 Å². The molecule has 7 heteroatoms. The maximum absolute atomic E-state index is 11.6. The number of fused-ring (bicyclic) bond motifs is 3. The van der Waals surface area contributed by atoms with Gasteiger partial charge in [0.15, 0.2) is 0 Å². The minimum atomic E-state index is -1.05. The van der Waals surface area contributed by atoms with Gasteiger partial charge < -0.3 is 19.9 Å². The predicted octanol–water partition coefficient (Wildman–Crippen LogP) is 4.39. The van der Waals surface area contributed by atoms with Crippen LogP contribution in [0.25, 0.3) is 21.8 Å². The summed E-state index contributed by atoms with van der Waals surface area (Å²) in [4.78, 5) is 15.0. The van der Waals surface area contributed by atoms with Crippen LogP contribution in [0.5, 0.6) is 5.75 Å². The molecule has 4 rings (SSSR count). The molecule has 2 aromatic heterocycles. The van der Waals surface area contributed by atoms with Gasteiger partial charge in [-0.05, 0) is 37.1 Å². The number of hydrogen-bond acceptors (Lipinski definition) is 4. The van der Waals surface area contributed by atoms with E-state index in [4.69, 9.17) is 4.74 Å². The lowest BCUT2D eigenvalue weighted by molar-refractivity contribution is 0.0660. The second kappa shape index (κ2) is 9.22. The molecule has 2 heterocycles. The zero-order chi connectivity index (χ0) is 21.8. The molecule has 0 bridgehead atoms. The number of para-hydroxylation sites is 1. The van der Waals surface area contributed by atoms with Gasteiger partial charge in [-0.2, -0.15) is 5.10 Å². The number of carbonyl (C=O) groups is 1. The number of aromatic amines is 1. The molecule has 4 aromatic rings. The van der Waals surface area contributed by atoms with Crippen LogP contribution in [0.15, 0.2) is 48.5 Å². The van der Waals surface area contributed by atoms with Crippen molar-refractivity contribution in [2.45, 2.75) is 45.3 Å². The van der Waals surface area contributed by atoms with Crippen LogP contribution in [0.2, 0.25) is 0 Å². The molecule has 0 saturated heterocycles. The highest BCUT2D eigenvalue weighted by Gasteiger charge is 2.18. The zero-order valence-corrected chi connectivity index (χ0v) is 17.5. The van der Waals surface area contributed by atoms with Gasteiger partial charge in [-0.3, -0.25) is 4.68 Å². The summed E-state index contributed by atoms with van der Waals surface area (Å²) in [6.45, 7) is 2.20. The molecule has 7 nitrogen and oxygen atoms in total. The Labute approximate surface area is 180 Å². The molecule has 162 valence electrons. The molecule has 31 heavy (non-hydrogen) atoms. The number of H-pyrrole nitrogens is 1. The molecule has 0 fully saturated rings. The summed E-state index contributed by atoms with van der Waals surface area (Å²) in [7, 11) is 0. The first-order valence-electron chi connectivity index (χ1n) is 10.7. The number of carboxylic acids is 1. The number of aliphatic hydroxyl groups is 1. The van der Waals surface area contributed by atoms with Crippen LogP contribution in [0.3, 0.4) is 0 Å². The zero-order valence-electron chi connectivity index (χ0n) is 17.5. The van der Waals surface area contributed by atoms with E-state index < -0.39 is 12.1 Å². The molecule has 1 atom stereocenters. The summed E-state index contributed by atoms with van der Waals surface area (Å²) in [5.74, 6) is -0.376. The van der Waals surface area contributed by atoms with Gasteiger partial charge in [0.1, 0.15) is 24.2 Å². The Bertz CT molecular complexity index is 1190. The van der Waals surface area contributed by atoms with Crippen LogP contribution in [-0.2, 0) is 13.0 Å². The van der Waals surface area contributed by atoms with Gasteiger partial charge in [-0.15, -0.1) is 0 Å². The lowest BCUT2D eigenvalue weighted by Gasteiger charge is -2.14. The Morgan fingerprint density at radius 2 is 1.97 bits per heavy atom. The van der Waals surface area contributed by atoms with E-state index in [0.29, 0.717) is 5.75 Å². The first-order valence-corrected chi connectivity index (χ1v) is 10.7. The maximum Gasteiger partial charge on any atom is 0.354 e. The fourth-order valence-electron chi connectivity index (χ4n) is 3.89. The van der Waals surface area contributed by atoms with Gasteiger partial charge in [-0.1, -0.05) is 44.0 Å². The largest absolute Gasteiger partial charge is 0.490 e. The van der Waals surface area contributed by atoms with Crippen LogP contribution >= 0.6 is 0 Å². The van der Waals surface area contributed by atoms with Gasteiger partial charge >= 0.3 is 5.97 Å². The number of ether oxygens (including phenoxy) is 1. The van der Waals surface area contributed by atoms with Crippen molar-refractivity contribution in [3.63, 3.8) is 0 Å². The summed E-state index contributed by atoms with van der Waals surface area (Å²) >= 11 is 0. The molecule has 0 aliphatic heterocycles. The number of aromatic carboxylic acids is 1. The van der Waals surface area contributed by atoms with Gasteiger partial charge in [-0.25, -0.2) is 4.79 Å². The van der Waals surface area contributed by atoms with E-state index in [-0.39, 0.29) is 18.8 Å². The van der Waals surface area contributed by atoms with Crippen LogP contribution in [0.4, 0.5) is 0 Å². The molecular formula is C24H27N3O4. The minimum absolute atomic E-state index is 0.0305. The third kappa shape index (κ3) is 4.56. The quantitative estimate of drug-likeness (QED) is 0.330. The molecule has 0 aliphatic carbocycles. The summed E-state index contributed by atoms with van der Waals surface area (Å²) < 4.78 is 7.31. The highest BCUT2D eigenvalue weighted by molar-refractivity contribution is 6.10. The van der Waals surface area contributed by atoms with Crippen molar-refractivity contribution in [1.82, 2.24) is 14.8 Å². The average molecular weight is 421 g/mol. The Balaban J connectivity index is 1.47. The van der Waals surface area contributed by atoms with Crippen LogP contribution in [-0.4, -0.2) is 43.7 Å². The van der Waals surface area contributed by atoms with Crippen LogP contribution in [0, 0.1) is 0 Å². The number of rotatable bonds is 10. The Morgan fingerprint density at radius 3 is 2.77 bits per heavy atom. The summed E-state index contributed by atoms with van der Waals surface area (Å²) in [6, 6.07) is 15.3. The predicted molar refractivity (Wildman–Crippen MR) is 120 cm³/mol. The van der Waals surface area contributed by atoms with Crippen molar-refractivity contribution in [2.24, 2.45) is 0 Å².